The van der Waals surface area contributed by atoms with Crippen LogP contribution in [0.25, 0.3) is 39.4 Å². The molecule has 0 N–H and O–H groups in total. The van der Waals surface area contributed by atoms with Gasteiger partial charge in [-0.2, -0.15) is 0 Å². The van der Waals surface area contributed by atoms with Crippen molar-refractivity contribution in [2.24, 2.45) is 11.8 Å². The van der Waals surface area contributed by atoms with Gasteiger partial charge in [0.15, 0.2) is 0 Å². The van der Waals surface area contributed by atoms with E-state index in [0.29, 0.717) is 5.92 Å². The maximum atomic E-state index is 2.60. The summed E-state index contributed by atoms with van der Waals surface area (Å²) in [5.74, 6) is 0.724. The zero-order valence-electron chi connectivity index (χ0n) is 33.9. The van der Waals surface area contributed by atoms with E-state index in [-0.39, 0.29) is 17.3 Å². The number of hydrogen-bond acceptors (Lipinski definition) is 1. The fourth-order valence-electron chi connectivity index (χ4n) is 11.1. The number of allylic oxidation sites excluding steroid dienone is 8. The molecule has 0 bridgehead atoms. The van der Waals surface area contributed by atoms with E-state index in [0.717, 1.165) is 23.5 Å². The Morgan fingerprint density at radius 1 is 0.574 bits per heavy atom. The van der Waals surface area contributed by atoms with E-state index in [4.69, 9.17) is 0 Å². The SMILES string of the molecule is C1=CC2=c3c(c4ccc(-c5ccccc5N(c5ccccc5)c5ccccc5)cc4n3C3=CC4c5ccccc5C(c5ccccc5)(c5ccccc5)C4C=C3)=CCC2C=C1. The molecule has 0 fully saturated rings. The third-order valence-corrected chi connectivity index (χ3v) is 13.6. The predicted octanol–water partition coefficient (Wildman–Crippen LogP) is 13.0. The molecule has 0 spiro atoms. The normalized spacial score (nSPS) is 19.0. The molecule has 8 aromatic rings. The summed E-state index contributed by atoms with van der Waals surface area (Å²) in [6, 6.07) is 69.1. The molecule has 12 rings (SSSR count). The summed E-state index contributed by atoms with van der Waals surface area (Å²) in [6.45, 7) is 0. The van der Waals surface area contributed by atoms with Crippen LogP contribution in [0.1, 0.15) is 34.6 Å². The Bertz CT molecular complexity index is 3140. The number of nitrogens with zero attached hydrogens (tertiary/aromatic N) is 2. The first kappa shape index (κ1) is 35.5. The van der Waals surface area contributed by atoms with Crippen LogP contribution in [0.5, 0.6) is 0 Å². The lowest BCUT2D eigenvalue weighted by Gasteiger charge is -2.39. The molecule has 4 aliphatic rings. The molecular weight excluding hydrogens is 737 g/mol. The summed E-state index contributed by atoms with van der Waals surface area (Å²) in [7, 11) is 0. The van der Waals surface area contributed by atoms with Crippen molar-refractivity contribution in [3.8, 4) is 11.1 Å². The van der Waals surface area contributed by atoms with Crippen LogP contribution in [0.4, 0.5) is 17.1 Å². The molecule has 1 aromatic heterocycles. The Morgan fingerprint density at radius 2 is 1.21 bits per heavy atom. The minimum atomic E-state index is -0.328. The van der Waals surface area contributed by atoms with Crippen molar-refractivity contribution >= 4 is 45.3 Å². The molecule has 0 amide bonds. The van der Waals surface area contributed by atoms with Crippen LogP contribution in [-0.2, 0) is 5.41 Å². The molecule has 0 saturated carbocycles. The summed E-state index contributed by atoms with van der Waals surface area (Å²) in [4.78, 5) is 2.38. The van der Waals surface area contributed by atoms with E-state index in [1.54, 1.807) is 0 Å². The van der Waals surface area contributed by atoms with Gasteiger partial charge in [-0.25, -0.2) is 0 Å². The van der Waals surface area contributed by atoms with E-state index in [2.05, 4.69) is 246 Å². The van der Waals surface area contributed by atoms with Gasteiger partial charge in [0.1, 0.15) is 0 Å². The molecule has 0 saturated heterocycles. The maximum absolute atomic E-state index is 2.60. The van der Waals surface area contributed by atoms with Gasteiger partial charge in [-0.05, 0) is 82.3 Å². The third kappa shape index (κ3) is 5.49. The van der Waals surface area contributed by atoms with Crippen molar-refractivity contribution in [3.05, 3.63) is 263 Å². The Labute approximate surface area is 357 Å². The lowest BCUT2D eigenvalue weighted by molar-refractivity contribution is 0.456. The second kappa shape index (κ2) is 14.4. The molecule has 4 aliphatic carbocycles. The van der Waals surface area contributed by atoms with Crippen LogP contribution in [0.15, 0.2) is 231 Å². The van der Waals surface area contributed by atoms with Crippen molar-refractivity contribution in [2.75, 3.05) is 4.90 Å². The number of anilines is 3. The quantitative estimate of drug-likeness (QED) is 0.156. The average molecular weight is 781 g/mol. The van der Waals surface area contributed by atoms with E-state index in [1.165, 1.54) is 66.1 Å². The molecule has 7 aromatic carbocycles. The van der Waals surface area contributed by atoms with Crippen LogP contribution >= 0.6 is 0 Å². The predicted molar refractivity (Wildman–Crippen MR) is 254 cm³/mol. The lowest BCUT2D eigenvalue weighted by atomic mass is 9.63. The highest BCUT2D eigenvalue weighted by atomic mass is 15.1. The van der Waals surface area contributed by atoms with Gasteiger partial charge >= 0.3 is 0 Å². The second-order valence-electron chi connectivity index (χ2n) is 16.7. The van der Waals surface area contributed by atoms with Gasteiger partial charge in [-0.3, -0.25) is 0 Å². The summed E-state index contributed by atoms with van der Waals surface area (Å²) in [5.41, 5.74) is 14.8. The van der Waals surface area contributed by atoms with Gasteiger partial charge in [0.05, 0.1) is 22.0 Å². The number of hydrogen-bond donors (Lipinski definition) is 0. The Balaban J connectivity index is 1.09. The molecule has 1 heterocycles. The summed E-state index contributed by atoms with van der Waals surface area (Å²) >= 11 is 0. The van der Waals surface area contributed by atoms with Gasteiger partial charge < -0.3 is 9.47 Å². The zero-order valence-corrected chi connectivity index (χ0v) is 33.9. The van der Waals surface area contributed by atoms with Crippen LogP contribution in [0, 0.1) is 11.8 Å². The summed E-state index contributed by atoms with van der Waals surface area (Å²) in [6.07, 6.45) is 20.2. The van der Waals surface area contributed by atoms with Crippen LogP contribution in [-0.4, -0.2) is 4.57 Å². The number of aromatic nitrogens is 1. The van der Waals surface area contributed by atoms with Crippen molar-refractivity contribution in [1.82, 2.24) is 4.57 Å². The molecule has 3 unspecified atom stereocenters. The zero-order chi connectivity index (χ0) is 40.3. The van der Waals surface area contributed by atoms with E-state index in [1.807, 2.05) is 0 Å². The average Bonchev–Trinajstić information content (AvgIpc) is 3.83. The second-order valence-corrected chi connectivity index (χ2v) is 16.7. The molecule has 2 heteroatoms. The first-order valence-corrected chi connectivity index (χ1v) is 21.6. The molecular formula is C59H44N2. The minimum Gasteiger partial charge on any atom is -0.310 e. The van der Waals surface area contributed by atoms with E-state index >= 15 is 0 Å². The van der Waals surface area contributed by atoms with Crippen molar-refractivity contribution in [3.63, 3.8) is 0 Å². The molecule has 0 radical (unpaired) electrons. The van der Waals surface area contributed by atoms with E-state index < -0.39 is 0 Å². The molecule has 3 atom stereocenters. The lowest BCUT2D eigenvalue weighted by Crippen LogP contribution is -2.37. The third-order valence-electron chi connectivity index (χ3n) is 13.6. The maximum Gasteiger partial charge on any atom is 0.0575 e. The Kier molecular flexibility index (Phi) is 8.38. The minimum absolute atomic E-state index is 0.175. The highest BCUT2D eigenvalue weighted by molar-refractivity contribution is 5.95. The number of benzene rings is 7. The van der Waals surface area contributed by atoms with Gasteiger partial charge in [0.2, 0.25) is 0 Å². The Morgan fingerprint density at radius 3 is 1.93 bits per heavy atom. The van der Waals surface area contributed by atoms with Crippen molar-refractivity contribution in [2.45, 2.75) is 17.8 Å². The molecule has 2 nitrogen and oxygen atoms in total. The molecule has 0 aliphatic heterocycles. The van der Waals surface area contributed by atoms with Gasteiger partial charge in [-0.15, -0.1) is 0 Å². The van der Waals surface area contributed by atoms with Crippen molar-refractivity contribution < 1.29 is 0 Å². The van der Waals surface area contributed by atoms with Gasteiger partial charge in [-0.1, -0.05) is 194 Å². The highest BCUT2D eigenvalue weighted by Crippen LogP contribution is 2.60. The highest BCUT2D eigenvalue weighted by Gasteiger charge is 2.53. The molecule has 290 valence electrons. The summed E-state index contributed by atoms with van der Waals surface area (Å²) < 4.78 is 2.60. The van der Waals surface area contributed by atoms with Crippen molar-refractivity contribution in [1.29, 1.82) is 0 Å². The Hall–Kier alpha value is -7.42. The number of fused-ring (bicyclic) bond motifs is 7. The van der Waals surface area contributed by atoms with Crippen LogP contribution < -0.4 is 15.5 Å². The number of rotatable bonds is 7. The fourth-order valence-corrected chi connectivity index (χ4v) is 11.1. The monoisotopic (exact) mass is 780 g/mol. The molecule has 61 heavy (non-hydrogen) atoms. The first-order chi connectivity index (χ1) is 30.3. The summed E-state index contributed by atoms with van der Waals surface area (Å²) in [5, 5.41) is 3.94. The first-order valence-electron chi connectivity index (χ1n) is 21.6. The largest absolute Gasteiger partial charge is 0.310 e. The smallest absolute Gasteiger partial charge is 0.0575 e. The topological polar surface area (TPSA) is 8.17 Å². The van der Waals surface area contributed by atoms with Crippen LogP contribution in [0.3, 0.4) is 0 Å². The van der Waals surface area contributed by atoms with E-state index in [9.17, 15) is 0 Å². The fraction of sp³-hybridized carbons (Fsp3) is 0.0847. The van der Waals surface area contributed by atoms with Gasteiger partial charge in [0, 0.05) is 51.0 Å². The standard InChI is InChI=1S/C59H44N2/c1-5-20-43(21-6-1)59(44-22-7-2-8-23-44)54-31-17-15-30-50(54)53-40-47(35-38-55(53)59)61-57-39-42(34-36-51(57)52-37-33-41-19-13-14-29-49(41)58(52)61)48-28-16-18-32-56(48)60(45-24-9-3-10-25-45)46-26-11-4-12-27-46/h1-32,34-41,53,55H,33H2. The van der Waals surface area contributed by atoms with Crippen LogP contribution in [0.2, 0.25) is 0 Å². The van der Waals surface area contributed by atoms with Gasteiger partial charge in [0.25, 0.3) is 0 Å². The number of para-hydroxylation sites is 3.